The lowest BCUT2D eigenvalue weighted by molar-refractivity contribution is -0.164. The molecule has 1 rings (SSSR count). The number of esters is 2. The fraction of sp³-hybridized carbons (Fsp3) is 0.438. The van der Waals surface area contributed by atoms with Crippen molar-refractivity contribution in [2.75, 3.05) is 0 Å². The molecule has 0 unspecified atom stereocenters. The molecular formula is C16H21NO5. The number of ether oxygens (including phenoxy) is 2. The molecule has 0 aliphatic carbocycles. The Morgan fingerprint density at radius 2 is 1.77 bits per heavy atom. The second-order valence-electron chi connectivity index (χ2n) is 5.34. The Balaban J connectivity index is 2.66. The fourth-order valence-corrected chi connectivity index (χ4v) is 1.87. The number of aryl methyl sites for hydroxylation is 1. The summed E-state index contributed by atoms with van der Waals surface area (Å²) in [4.78, 5) is 34.2. The number of amides is 1. The van der Waals surface area contributed by atoms with Crippen LogP contribution < -0.4 is 5.73 Å². The summed E-state index contributed by atoms with van der Waals surface area (Å²) in [5, 5.41) is 0. The molecule has 0 heterocycles. The van der Waals surface area contributed by atoms with E-state index in [9.17, 15) is 14.4 Å². The third-order valence-electron chi connectivity index (χ3n) is 2.85. The van der Waals surface area contributed by atoms with Gasteiger partial charge in [-0.05, 0) is 24.3 Å². The van der Waals surface area contributed by atoms with Crippen LogP contribution >= 0.6 is 0 Å². The second kappa shape index (κ2) is 8.81. The predicted octanol–water partition coefficient (Wildman–Crippen LogP) is 2.20. The average molecular weight is 307 g/mol. The second-order valence-corrected chi connectivity index (χ2v) is 5.34. The summed E-state index contributed by atoms with van der Waals surface area (Å²) in [6.07, 6.45) is -1.44. The van der Waals surface area contributed by atoms with E-state index < -0.39 is 24.1 Å². The normalized spacial score (nSPS) is 11.8. The van der Waals surface area contributed by atoms with Crippen LogP contribution in [0.3, 0.4) is 0 Å². The van der Waals surface area contributed by atoms with Crippen LogP contribution in [0, 0.1) is 5.92 Å². The molecule has 6 nitrogen and oxygen atoms in total. The Hall–Kier alpha value is -2.37. The van der Waals surface area contributed by atoms with Gasteiger partial charge < -0.3 is 15.2 Å². The highest BCUT2D eigenvalue weighted by atomic mass is 16.6. The Morgan fingerprint density at radius 1 is 1.14 bits per heavy atom. The Kier molecular flexibility index (Phi) is 7.08. The smallest absolute Gasteiger partial charge is 0.412 e. The quantitative estimate of drug-likeness (QED) is 0.615. The molecule has 1 atom stereocenters. The van der Waals surface area contributed by atoms with E-state index in [1.165, 1.54) is 0 Å². The Bertz CT molecular complexity index is 513. The molecule has 0 aliphatic heterocycles. The molecule has 2 N–H and O–H groups in total. The molecular weight excluding hydrogens is 286 g/mol. The van der Waals surface area contributed by atoms with Gasteiger partial charge in [-0.25, -0.2) is 9.59 Å². The van der Waals surface area contributed by atoms with Crippen molar-refractivity contribution in [2.24, 2.45) is 11.7 Å². The lowest BCUT2D eigenvalue weighted by atomic mass is 10.1. The SMILES string of the molecule is CC(C)CC(=O)O[C@H](CCc1ccccc1)C(=O)OC(N)=O. The molecule has 0 bridgehead atoms. The fourth-order valence-electron chi connectivity index (χ4n) is 1.87. The molecule has 0 aliphatic rings. The molecule has 120 valence electrons. The van der Waals surface area contributed by atoms with Gasteiger partial charge in [0.25, 0.3) is 0 Å². The summed E-state index contributed by atoms with van der Waals surface area (Å²) in [5.74, 6) is -1.34. The highest BCUT2D eigenvalue weighted by Gasteiger charge is 2.26. The number of primary amides is 1. The zero-order valence-electron chi connectivity index (χ0n) is 12.8. The maximum absolute atomic E-state index is 11.8. The van der Waals surface area contributed by atoms with Crippen LogP contribution in [0.15, 0.2) is 30.3 Å². The number of rotatable bonds is 7. The van der Waals surface area contributed by atoms with Gasteiger partial charge >= 0.3 is 18.0 Å². The van der Waals surface area contributed by atoms with Crippen LogP contribution in [0.1, 0.15) is 32.3 Å². The van der Waals surface area contributed by atoms with E-state index in [4.69, 9.17) is 10.5 Å². The van der Waals surface area contributed by atoms with Crippen LogP contribution in [0.25, 0.3) is 0 Å². The van der Waals surface area contributed by atoms with Crippen molar-refractivity contribution >= 4 is 18.0 Å². The van der Waals surface area contributed by atoms with Gasteiger partial charge in [0.15, 0.2) is 6.10 Å². The van der Waals surface area contributed by atoms with Crippen molar-refractivity contribution in [3.05, 3.63) is 35.9 Å². The number of hydrogen-bond donors (Lipinski definition) is 1. The van der Waals surface area contributed by atoms with E-state index in [1.807, 2.05) is 44.2 Å². The minimum Gasteiger partial charge on any atom is -0.450 e. The van der Waals surface area contributed by atoms with Crippen molar-refractivity contribution in [2.45, 2.75) is 39.2 Å². The molecule has 0 fully saturated rings. The van der Waals surface area contributed by atoms with Crippen molar-refractivity contribution in [3.8, 4) is 0 Å². The van der Waals surface area contributed by atoms with E-state index in [0.29, 0.717) is 6.42 Å². The van der Waals surface area contributed by atoms with Crippen molar-refractivity contribution in [1.29, 1.82) is 0 Å². The van der Waals surface area contributed by atoms with Crippen molar-refractivity contribution in [1.82, 2.24) is 0 Å². The zero-order chi connectivity index (χ0) is 16.5. The van der Waals surface area contributed by atoms with E-state index in [1.54, 1.807) is 0 Å². The van der Waals surface area contributed by atoms with Crippen LogP contribution in [0.2, 0.25) is 0 Å². The van der Waals surface area contributed by atoms with Crippen LogP contribution in [0.5, 0.6) is 0 Å². The molecule has 0 saturated heterocycles. The summed E-state index contributed by atoms with van der Waals surface area (Å²) in [6, 6.07) is 9.41. The maximum Gasteiger partial charge on any atom is 0.412 e. The molecule has 0 spiro atoms. The summed E-state index contributed by atoms with van der Waals surface area (Å²) in [6.45, 7) is 3.73. The summed E-state index contributed by atoms with van der Waals surface area (Å²) >= 11 is 0. The first kappa shape index (κ1) is 17.7. The lowest BCUT2D eigenvalue weighted by Gasteiger charge is -2.16. The van der Waals surface area contributed by atoms with Crippen LogP contribution in [-0.4, -0.2) is 24.1 Å². The Morgan fingerprint density at radius 3 is 2.32 bits per heavy atom. The van der Waals surface area contributed by atoms with Gasteiger partial charge in [-0.15, -0.1) is 0 Å². The molecule has 1 aromatic carbocycles. The summed E-state index contributed by atoms with van der Waals surface area (Å²) in [5.41, 5.74) is 5.81. The number of nitrogens with two attached hydrogens (primary N) is 1. The van der Waals surface area contributed by atoms with Gasteiger partial charge in [0, 0.05) is 6.42 Å². The van der Waals surface area contributed by atoms with Gasteiger partial charge in [-0.1, -0.05) is 44.2 Å². The van der Waals surface area contributed by atoms with Gasteiger partial charge in [0.05, 0.1) is 0 Å². The number of carbonyl (C=O) groups excluding carboxylic acids is 3. The van der Waals surface area contributed by atoms with Gasteiger partial charge in [0.1, 0.15) is 0 Å². The highest BCUT2D eigenvalue weighted by Crippen LogP contribution is 2.12. The Labute approximate surface area is 129 Å². The lowest BCUT2D eigenvalue weighted by Crippen LogP contribution is -2.33. The average Bonchev–Trinajstić information content (AvgIpc) is 2.42. The van der Waals surface area contributed by atoms with E-state index >= 15 is 0 Å². The minimum atomic E-state index is -1.21. The molecule has 0 saturated carbocycles. The third-order valence-corrected chi connectivity index (χ3v) is 2.85. The summed E-state index contributed by atoms with van der Waals surface area (Å²) < 4.78 is 9.45. The zero-order valence-corrected chi connectivity index (χ0v) is 12.8. The molecule has 1 amide bonds. The monoisotopic (exact) mass is 307 g/mol. The minimum absolute atomic E-state index is 0.106. The van der Waals surface area contributed by atoms with E-state index in [-0.39, 0.29) is 18.8 Å². The first-order chi connectivity index (χ1) is 10.4. The van der Waals surface area contributed by atoms with E-state index in [0.717, 1.165) is 5.56 Å². The van der Waals surface area contributed by atoms with Crippen LogP contribution in [-0.2, 0) is 25.5 Å². The standard InChI is InChI=1S/C16H21NO5/c1-11(2)10-14(18)21-13(15(19)22-16(17)20)9-8-12-6-4-3-5-7-12/h3-7,11,13H,8-10H2,1-2H3,(H2,17,20)/t13-/m1/s1. The van der Waals surface area contributed by atoms with Crippen molar-refractivity contribution < 1.29 is 23.9 Å². The van der Waals surface area contributed by atoms with Gasteiger partial charge in [-0.3, -0.25) is 4.79 Å². The number of carbonyl (C=O) groups is 3. The first-order valence-electron chi connectivity index (χ1n) is 7.13. The van der Waals surface area contributed by atoms with Gasteiger partial charge in [0.2, 0.25) is 0 Å². The maximum atomic E-state index is 11.8. The molecule has 6 heteroatoms. The molecule has 1 aromatic rings. The molecule has 0 aromatic heterocycles. The largest absolute Gasteiger partial charge is 0.450 e. The third kappa shape index (κ3) is 6.88. The first-order valence-corrected chi connectivity index (χ1v) is 7.13. The number of benzene rings is 1. The number of hydrogen-bond acceptors (Lipinski definition) is 5. The molecule has 0 radical (unpaired) electrons. The summed E-state index contributed by atoms with van der Waals surface area (Å²) in [7, 11) is 0. The topological polar surface area (TPSA) is 95.7 Å². The van der Waals surface area contributed by atoms with Crippen LogP contribution in [0.4, 0.5) is 4.79 Å². The van der Waals surface area contributed by atoms with Gasteiger partial charge in [-0.2, -0.15) is 0 Å². The van der Waals surface area contributed by atoms with E-state index in [2.05, 4.69) is 4.74 Å². The van der Waals surface area contributed by atoms with Crippen molar-refractivity contribution in [3.63, 3.8) is 0 Å². The highest BCUT2D eigenvalue weighted by molar-refractivity contribution is 5.87. The molecule has 22 heavy (non-hydrogen) atoms. The predicted molar refractivity (Wildman–Crippen MR) is 79.8 cm³/mol.